The lowest BCUT2D eigenvalue weighted by molar-refractivity contribution is 0.635. The molecule has 0 saturated carbocycles. The average Bonchev–Trinajstić information content (AvgIpc) is 2.19. The molecule has 0 aliphatic carbocycles. The minimum Gasteiger partial charge on any atom is -0.252 e. The molecule has 4 heteroatoms. The molecule has 0 spiro atoms. The summed E-state index contributed by atoms with van der Waals surface area (Å²) in [6.45, 7) is 1.76. The highest BCUT2D eigenvalue weighted by Crippen LogP contribution is 2.27. The number of nitriles is 1. The molecule has 0 fully saturated rings. The van der Waals surface area contributed by atoms with Crippen molar-refractivity contribution < 1.29 is 4.39 Å². The molecule has 0 saturated heterocycles. The first-order valence-electron chi connectivity index (χ1n) is 4.28. The predicted molar refractivity (Wildman–Crippen MR) is 56.2 cm³/mol. The lowest BCUT2D eigenvalue weighted by atomic mass is 10.1. The summed E-state index contributed by atoms with van der Waals surface area (Å²) in [5.74, 6) is -0.420. The molecule has 15 heavy (non-hydrogen) atoms. The number of hydrogen-bond donors (Lipinski definition) is 0. The van der Waals surface area contributed by atoms with Crippen LogP contribution in [0, 0.1) is 24.1 Å². The summed E-state index contributed by atoms with van der Waals surface area (Å²) >= 11 is 5.96. The van der Waals surface area contributed by atoms with Crippen molar-refractivity contribution in [3.8, 4) is 6.07 Å². The molecule has 1 aromatic heterocycles. The van der Waals surface area contributed by atoms with Gasteiger partial charge >= 0.3 is 0 Å². The van der Waals surface area contributed by atoms with Crippen molar-refractivity contribution in [2.45, 2.75) is 6.92 Å². The van der Waals surface area contributed by atoms with Crippen LogP contribution in [0.3, 0.4) is 0 Å². The minimum absolute atomic E-state index is 0.199. The van der Waals surface area contributed by atoms with Gasteiger partial charge in [-0.25, -0.2) is 4.39 Å². The molecule has 0 unspecified atom stereocenters. The van der Waals surface area contributed by atoms with E-state index in [-0.39, 0.29) is 16.1 Å². The number of nitrogens with zero attached hydrogens (tertiary/aromatic N) is 2. The van der Waals surface area contributed by atoms with Crippen molar-refractivity contribution in [2.75, 3.05) is 0 Å². The highest BCUT2D eigenvalue weighted by molar-refractivity contribution is 6.36. The van der Waals surface area contributed by atoms with Crippen LogP contribution in [0.25, 0.3) is 10.9 Å². The number of rotatable bonds is 0. The third kappa shape index (κ3) is 1.53. The molecule has 2 nitrogen and oxygen atoms in total. The van der Waals surface area contributed by atoms with E-state index in [0.29, 0.717) is 5.39 Å². The number of halogens is 2. The normalized spacial score (nSPS) is 10.3. The Morgan fingerprint density at radius 2 is 2.20 bits per heavy atom. The maximum atomic E-state index is 13.5. The van der Waals surface area contributed by atoms with Gasteiger partial charge in [0.1, 0.15) is 17.4 Å². The minimum atomic E-state index is -0.420. The van der Waals surface area contributed by atoms with Gasteiger partial charge in [0.05, 0.1) is 10.6 Å². The van der Waals surface area contributed by atoms with Gasteiger partial charge in [-0.1, -0.05) is 11.6 Å². The summed E-state index contributed by atoms with van der Waals surface area (Å²) in [6, 6.07) is 5.01. The van der Waals surface area contributed by atoms with E-state index in [2.05, 4.69) is 4.98 Å². The van der Waals surface area contributed by atoms with E-state index >= 15 is 0 Å². The maximum Gasteiger partial charge on any atom is 0.149 e. The third-order valence-corrected chi connectivity index (χ3v) is 2.53. The number of fused-ring (bicyclic) bond motifs is 1. The smallest absolute Gasteiger partial charge is 0.149 e. The Morgan fingerprint density at radius 1 is 1.47 bits per heavy atom. The molecule has 0 aliphatic heterocycles. The lowest BCUT2D eigenvalue weighted by Crippen LogP contribution is -1.90. The molecule has 0 N–H and O–H groups in total. The molecule has 0 radical (unpaired) electrons. The quantitative estimate of drug-likeness (QED) is 0.684. The number of pyridine rings is 1. The first-order valence-corrected chi connectivity index (χ1v) is 4.65. The average molecular weight is 221 g/mol. The van der Waals surface area contributed by atoms with Crippen LogP contribution in [-0.4, -0.2) is 4.98 Å². The standard InChI is InChI=1S/C11H6ClFN2/c1-6-2-8-10(12)7(4-14)5-15-11(8)9(13)3-6/h2-3,5H,1H3. The topological polar surface area (TPSA) is 36.7 Å². The van der Waals surface area contributed by atoms with E-state index in [1.165, 1.54) is 12.3 Å². The molecule has 74 valence electrons. The zero-order chi connectivity index (χ0) is 11.0. The van der Waals surface area contributed by atoms with Crippen LogP contribution in [0.2, 0.25) is 5.02 Å². The SMILES string of the molecule is Cc1cc(F)c2ncc(C#N)c(Cl)c2c1. The highest BCUT2D eigenvalue weighted by atomic mass is 35.5. The predicted octanol–water partition coefficient (Wildman–Crippen LogP) is 3.21. The van der Waals surface area contributed by atoms with Gasteiger partial charge in [0.25, 0.3) is 0 Å². The summed E-state index contributed by atoms with van der Waals surface area (Å²) < 4.78 is 13.5. The van der Waals surface area contributed by atoms with Gasteiger partial charge in [-0.3, -0.25) is 4.98 Å². The number of aromatic nitrogens is 1. The van der Waals surface area contributed by atoms with E-state index in [4.69, 9.17) is 16.9 Å². The summed E-state index contributed by atoms with van der Waals surface area (Å²) in [5, 5.41) is 9.48. The molecule has 0 aliphatic rings. The fourth-order valence-electron chi connectivity index (χ4n) is 1.44. The van der Waals surface area contributed by atoms with Gasteiger partial charge in [0.2, 0.25) is 0 Å². The van der Waals surface area contributed by atoms with Gasteiger partial charge in [0, 0.05) is 11.6 Å². The van der Waals surface area contributed by atoms with Crippen LogP contribution < -0.4 is 0 Å². The van der Waals surface area contributed by atoms with Crippen molar-refractivity contribution in [3.05, 3.63) is 40.3 Å². The lowest BCUT2D eigenvalue weighted by Gasteiger charge is -2.03. The van der Waals surface area contributed by atoms with Crippen LogP contribution >= 0.6 is 11.6 Å². The second-order valence-corrected chi connectivity index (χ2v) is 3.62. The highest BCUT2D eigenvalue weighted by Gasteiger charge is 2.10. The summed E-state index contributed by atoms with van der Waals surface area (Å²) in [4.78, 5) is 3.87. The monoisotopic (exact) mass is 220 g/mol. The van der Waals surface area contributed by atoms with Crippen LogP contribution in [0.15, 0.2) is 18.3 Å². The number of benzene rings is 1. The Hall–Kier alpha value is -1.66. The number of aryl methyl sites for hydroxylation is 1. The molecule has 2 rings (SSSR count). The molecule has 1 heterocycles. The van der Waals surface area contributed by atoms with Gasteiger partial charge in [-0.05, 0) is 24.6 Å². The van der Waals surface area contributed by atoms with Crippen molar-refractivity contribution in [3.63, 3.8) is 0 Å². The fraction of sp³-hybridized carbons (Fsp3) is 0.0909. The summed E-state index contributed by atoms with van der Waals surface area (Å²) in [6.07, 6.45) is 1.28. The molecular formula is C11H6ClFN2. The Labute approximate surface area is 90.9 Å². The zero-order valence-corrected chi connectivity index (χ0v) is 8.64. The van der Waals surface area contributed by atoms with Crippen molar-refractivity contribution in [1.29, 1.82) is 5.26 Å². The first-order chi connectivity index (χ1) is 7.13. The van der Waals surface area contributed by atoms with Gasteiger partial charge in [0.15, 0.2) is 0 Å². The zero-order valence-electron chi connectivity index (χ0n) is 7.88. The van der Waals surface area contributed by atoms with Gasteiger partial charge in [-0.15, -0.1) is 0 Å². The van der Waals surface area contributed by atoms with Crippen LogP contribution in [-0.2, 0) is 0 Å². The van der Waals surface area contributed by atoms with Crippen LogP contribution in [0.5, 0.6) is 0 Å². The van der Waals surface area contributed by atoms with Crippen LogP contribution in [0.1, 0.15) is 11.1 Å². The molecule has 0 atom stereocenters. The molecule has 1 aromatic carbocycles. The Balaban J connectivity index is 2.94. The van der Waals surface area contributed by atoms with E-state index in [9.17, 15) is 4.39 Å². The van der Waals surface area contributed by atoms with E-state index in [0.717, 1.165) is 5.56 Å². The Morgan fingerprint density at radius 3 is 2.87 bits per heavy atom. The largest absolute Gasteiger partial charge is 0.252 e. The van der Waals surface area contributed by atoms with Gasteiger partial charge in [-0.2, -0.15) is 5.26 Å². The first kappa shape index (κ1) is 9.88. The van der Waals surface area contributed by atoms with Gasteiger partial charge < -0.3 is 0 Å². The second kappa shape index (κ2) is 3.48. The third-order valence-electron chi connectivity index (χ3n) is 2.12. The van der Waals surface area contributed by atoms with Crippen LogP contribution in [0.4, 0.5) is 4.39 Å². The number of hydrogen-bond acceptors (Lipinski definition) is 2. The fourth-order valence-corrected chi connectivity index (χ4v) is 1.68. The molecule has 2 aromatic rings. The summed E-state index contributed by atoms with van der Waals surface area (Å²) in [5.41, 5.74) is 1.21. The van der Waals surface area contributed by atoms with Crippen molar-refractivity contribution in [1.82, 2.24) is 4.98 Å². The molecule has 0 bridgehead atoms. The van der Waals surface area contributed by atoms with E-state index in [1.54, 1.807) is 13.0 Å². The molecular weight excluding hydrogens is 215 g/mol. The van der Waals surface area contributed by atoms with Crippen molar-refractivity contribution >= 4 is 22.5 Å². The molecule has 0 amide bonds. The Bertz CT molecular complexity index is 587. The second-order valence-electron chi connectivity index (χ2n) is 3.24. The van der Waals surface area contributed by atoms with Crippen molar-refractivity contribution in [2.24, 2.45) is 0 Å². The maximum absolute atomic E-state index is 13.5. The van der Waals surface area contributed by atoms with E-state index < -0.39 is 5.82 Å². The van der Waals surface area contributed by atoms with E-state index in [1.807, 2.05) is 6.07 Å². The summed E-state index contributed by atoms with van der Waals surface area (Å²) in [7, 11) is 0. The Kier molecular flexibility index (Phi) is 2.29.